The van der Waals surface area contributed by atoms with E-state index >= 15 is 0 Å². The van der Waals surface area contributed by atoms with Gasteiger partial charge < -0.3 is 10.2 Å². The Bertz CT molecular complexity index is 1110. The summed E-state index contributed by atoms with van der Waals surface area (Å²) in [7, 11) is 1.56. The van der Waals surface area contributed by atoms with Crippen molar-refractivity contribution in [1.82, 2.24) is 14.7 Å². The molecule has 1 aliphatic carbocycles. The number of para-hydroxylation sites is 1. The Morgan fingerprint density at radius 2 is 1.90 bits per heavy atom. The van der Waals surface area contributed by atoms with Crippen molar-refractivity contribution >= 4 is 29.1 Å². The topological polar surface area (TPSA) is 67.2 Å². The Morgan fingerprint density at radius 3 is 2.63 bits per heavy atom. The molecule has 0 spiro atoms. The van der Waals surface area contributed by atoms with Gasteiger partial charge in [0.15, 0.2) is 5.69 Å². The minimum atomic E-state index is -0.353. The zero-order valence-corrected chi connectivity index (χ0v) is 17.1. The normalized spacial score (nSPS) is 12.5. The number of carbonyl (C=O) groups excluding carboxylic acids is 2. The van der Waals surface area contributed by atoms with Gasteiger partial charge in [0.25, 0.3) is 5.91 Å². The van der Waals surface area contributed by atoms with E-state index in [1.807, 2.05) is 0 Å². The van der Waals surface area contributed by atoms with Crippen LogP contribution in [0.3, 0.4) is 0 Å². The van der Waals surface area contributed by atoms with Crippen molar-refractivity contribution in [3.8, 4) is 5.69 Å². The lowest BCUT2D eigenvalue weighted by molar-refractivity contribution is -0.116. The molecule has 1 heterocycles. The number of rotatable bonds is 5. The lowest BCUT2D eigenvalue weighted by atomic mass is 10.2. The Labute approximate surface area is 178 Å². The maximum atomic E-state index is 13.3. The summed E-state index contributed by atoms with van der Waals surface area (Å²) in [5, 5.41) is 7.65. The maximum absolute atomic E-state index is 13.3. The largest absolute Gasteiger partial charge is 0.331 e. The van der Waals surface area contributed by atoms with Crippen LogP contribution in [0.5, 0.6) is 0 Å². The van der Waals surface area contributed by atoms with Gasteiger partial charge in [0.1, 0.15) is 5.82 Å². The molecule has 8 heteroatoms. The van der Waals surface area contributed by atoms with Crippen LogP contribution in [0, 0.1) is 5.82 Å². The second kappa shape index (κ2) is 8.28. The Balaban J connectivity index is 1.53. The fourth-order valence-corrected chi connectivity index (χ4v) is 3.81. The molecule has 1 N–H and O–H groups in total. The van der Waals surface area contributed by atoms with E-state index in [4.69, 9.17) is 11.6 Å². The summed E-state index contributed by atoms with van der Waals surface area (Å²) in [6, 6.07) is 12.9. The highest BCUT2D eigenvalue weighted by molar-refractivity contribution is 6.33. The number of halogens is 2. The summed E-state index contributed by atoms with van der Waals surface area (Å²) in [6.07, 6.45) is 2.46. The van der Waals surface area contributed by atoms with Gasteiger partial charge in [-0.3, -0.25) is 9.59 Å². The molecular weight excluding hydrogens is 407 g/mol. The van der Waals surface area contributed by atoms with Gasteiger partial charge in [-0.05, 0) is 55.7 Å². The molecule has 0 radical (unpaired) electrons. The first-order valence-electron chi connectivity index (χ1n) is 9.60. The first-order chi connectivity index (χ1) is 14.4. The predicted molar refractivity (Wildman–Crippen MR) is 113 cm³/mol. The molecule has 0 atom stereocenters. The quantitative estimate of drug-likeness (QED) is 0.673. The van der Waals surface area contributed by atoms with Crippen LogP contribution in [0.25, 0.3) is 5.69 Å². The summed E-state index contributed by atoms with van der Waals surface area (Å²) < 4.78 is 15.0. The minimum absolute atomic E-state index is 0.137. The molecule has 6 nitrogen and oxygen atoms in total. The smallest absolute Gasteiger partial charge is 0.274 e. The van der Waals surface area contributed by atoms with Gasteiger partial charge in [-0.2, -0.15) is 5.10 Å². The lowest BCUT2D eigenvalue weighted by Crippen LogP contribution is -2.35. The fraction of sp³-hybridized carbons (Fsp3) is 0.227. The number of anilines is 1. The third-order valence-corrected chi connectivity index (χ3v) is 5.41. The van der Waals surface area contributed by atoms with Crippen LogP contribution in [-0.2, 0) is 17.6 Å². The lowest BCUT2D eigenvalue weighted by Gasteiger charge is -2.16. The number of fused-ring (bicyclic) bond motifs is 1. The van der Waals surface area contributed by atoms with Crippen molar-refractivity contribution in [2.24, 2.45) is 0 Å². The van der Waals surface area contributed by atoms with Gasteiger partial charge in [-0.15, -0.1) is 0 Å². The molecule has 1 aromatic heterocycles. The first-order valence-corrected chi connectivity index (χ1v) is 9.98. The number of benzene rings is 2. The second-order valence-electron chi connectivity index (χ2n) is 7.20. The Hall–Kier alpha value is -3.19. The monoisotopic (exact) mass is 426 g/mol. The van der Waals surface area contributed by atoms with Crippen LogP contribution in [0.1, 0.15) is 28.2 Å². The number of nitrogens with one attached hydrogen (secondary N) is 1. The van der Waals surface area contributed by atoms with Crippen LogP contribution >= 0.6 is 11.6 Å². The molecule has 0 unspecified atom stereocenters. The molecule has 0 saturated heterocycles. The highest BCUT2D eigenvalue weighted by Gasteiger charge is 2.29. The number of likely N-dealkylation sites (N-methyl/N-ethyl adjacent to an activating group) is 1. The van der Waals surface area contributed by atoms with Crippen LogP contribution < -0.4 is 5.32 Å². The van der Waals surface area contributed by atoms with Crippen molar-refractivity contribution in [2.45, 2.75) is 19.3 Å². The SMILES string of the molecule is CN(CC(=O)Nc1ccccc1Cl)C(=O)c1nn(-c2ccc(F)cc2)c2c1CCC2. The van der Waals surface area contributed by atoms with Gasteiger partial charge in [0.2, 0.25) is 5.91 Å². The van der Waals surface area contributed by atoms with Gasteiger partial charge in [-0.1, -0.05) is 23.7 Å². The number of hydrogen-bond donors (Lipinski definition) is 1. The highest BCUT2D eigenvalue weighted by atomic mass is 35.5. The maximum Gasteiger partial charge on any atom is 0.274 e. The van der Waals surface area contributed by atoms with Crippen molar-refractivity contribution in [1.29, 1.82) is 0 Å². The van der Waals surface area contributed by atoms with E-state index in [2.05, 4.69) is 10.4 Å². The minimum Gasteiger partial charge on any atom is -0.331 e. The molecule has 1 aliphatic rings. The van der Waals surface area contributed by atoms with E-state index in [0.29, 0.717) is 22.1 Å². The third kappa shape index (κ3) is 3.93. The molecule has 2 aromatic carbocycles. The van der Waals surface area contributed by atoms with Crippen molar-refractivity contribution in [3.05, 3.63) is 76.3 Å². The van der Waals surface area contributed by atoms with E-state index < -0.39 is 0 Å². The Morgan fingerprint density at radius 1 is 1.17 bits per heavy atom. The number of nitrogens with zero attached hydrogens (tertiary/aromatic N) is 3. The van der Waals surface area contributed by atoms with E-state index in [1.54, 1.807) is 48.1 Å². The van der Waals surface area contributed by atoms with Crippen molar-refractivity contribution in [3.63, 3.8) is 0 Å². The van der Waals surface area contributed by atoms with Gasteiger partial charge in [0, 0.05) is 18.3 Å². The first kappa shape index (κ1) is 20.1. The third-order valence-electron chi connectivity index (χ3n) is 5.08. The second-order valence-corrected chi connectivity index (χ2v) is 7.61. The van der Waals surface area contributed by atoms with Crippen LogP contribution in [0.2, 0.25) is 5.02 Å². The number of hydrogen-bond acceptors (Lipinski definition) is 3. The molecule has 0 fully saturated rings. The number of amides is 2. The number of aromatic nitrogens is 2. The molecular formula is C22H20ClFN4O2. The molecule has 2 amide bonds. The average Bonchev–Trinajstić information content (AvgIpc) is 3.33. The molecule has 0 bridgehead atoms. The summed E-state index contributed by atoms with van der Waals surface area (Å²) in [6.45, 7) is -0.137. The average molecular weight is 427 g/mol. The van der Waals surface area contributed by atoms with E-state index in [1.165, 1.54) is 17.0 Å². The standard InChI is InChI=1S/C22H20ClFN4O2/c1-27(13-20(29)25-18-7-3-2-6-17(18)23)22(30)21-16-5-4-8-19(16)28(26-21)15-11-9-14(24)10-12-15/h2-3,6-7,9-12H,4-5,8,13H2,1H3,(H,25,29). The van der Waals surface area contributed by atoms with Gasteiger partial charge >= 0.3 is 0 Å². The van der Waals surface area contributed by atoms with E-state index in [-0.39, 0.29) is 24.2 Å². The summed E-state index contributed by atoms with van der Waals surface area (Å²) in [5.41, 5.74) is 3.38. The molecule has 154 valence electrons. The number of carbonyl (C=O) groups is 2. The zero-order chi connectivity index (χ0) is 21.3. The van der Waals surface area contributed by atoms with E-state index in [0.717, 1.165) is 30.5 Å². The summed E-state index contributed by atoms with van der Waals surface area (Å²) in [4.78, 5) is 26.8. The van der Waals surface area contributed by atoms with E-state index in [9.17, 15) is 14.0 Å². The Kier molecular flexibility index (Phi) is 5.55. The predicted octanol–water partition coefficient (Wildman–Crippen LogP) is 3.86. The van der Waals surface area contributed by atoms with Crippen molar-refractivity contribution < 1.29 is 14.0 Å². The summed E-state index contributed by atoms with van der Waals surface area (Å²) >= 11 is 6.07. The van der Waals surface area contributed by atoms with Crippen LogP contribution in [0.15, 0.2) is 48.5 Å². The highest BCUT2D eigenvalue weighted by Crippen LogP contribution is 2.28. The zero-order valence-electron chi connectivity index (χ0n) is 16.4. The van der Waals surface area contributed by atoms with Gasteiger partial charge in [0.05, 0.1) is 22.9 Å². The summed E-state index contributed by atoms with van der Waals surface area (Å²) in [5.74, 6) is -1.01. The molecule has 30 heavy (non-hydrogen) atoms. The molecule has 0 aliphatic heterocycles. The van der Waals surface area contributed by atoms with Gasteiger partial charge in [-0.25, -0.2) is 9.07 Å². The molecule has 4 rings (SSSR count). The van der Waals surface area contributed by atoms with Crippen LogP contribution in [0.4, 0.5) is 10.1 Å². The molecule has 0 saturated carbocycles. The van der Waals surface area contributed by atoms with Crippen molar-refractivity contribution in [2.75, 3.05) is 18.9 Å². The molecule has 3 aromatic rings. The fourth-order valence-electron chi connectivity index (χ4n) is 3.63. The van der Waals surface area contributed by atoms with Crippen LogP contribution in [-0.4, -0.2) is 40.1 Å².